The minimum Gasteiger partial charge on any atom is -0.508 e. The molecule has 0 saturated heterocycles. The number of hydrogen-bond acceptors (Lipinski definition) is 9. The van der Waals surface area contributed by atoms with Crippen LogP contribution in [0.5, 0.6) is 17.2 Å². The molecule has 0 amide bonds. The van der Waals surface area contributed by atoms with Gasteiger partial charge < -0.3 is 25.2 Å². The van der Waals surface area contributed by atoms with E-state index < -0.39 is 5.63 Å². The van der Waals surface area contributed by atoms with E-state index >= 15 is 0 Å². The molecule has 0 aliphatic carbocycles. The molecule has 4 aromatic rings. The molecule has 158 valence electrons. The minimum atomic E-state index is -0.636. The van der Waals surface area contributed by atoms with Gasteiger partial charge in [0.1, 0.15) is 23.0 Å². The average Bonchev–Trinajstić information content (AvgIpc) is 3.14. The van der Waals surface area contributed by atoms with E-state index in [2.05, 4.69) is 15.6 Å². The fraction of sp³-hybridized carbons (Fsp3) is 0.0952. The van der Waals surface area contributed by atoms with Gasteiger partial charge in [-0.15, -0.1) is 10.2 Å². The van der Waals surface area contributed by atoms with E-state index in [1.165, 1.54) is 30.0 Å². The largest absolute Gasteiger partial charge is 0.508 e. The van der Waals surface area contributed by atoms with Gasteiger partial charge in [-0.3, -0.25) is 0 Å². The molecule has 0 aliphatic rings. The number of benzene rings is 2. The van der Waals surface area contributed by atoms with E-state index in [9.17, 15) is 20.1 Å². The van der Waals surface area contributed by atoms with Gasteiger partial charge in [0, 0.05) is 23.3 Å². The molecule has 0 fully saturated rings. The number of aromatic hydroxyl groups is 3. The van der Waals surface area contributed by atoms with Crippen LogP contribution in [0.3, 0.4) is 0 Å². The van der Waals surface area contributed by atoms with Gasteiger partial charge in [0.25, 0.3) is 0 Å². The number of phenols is 2. The van der Waals surface area contributed by atoms with Crippen molar-refractivity contribution in [2.45, 2.75) is 17.5 Å². The number of aromatic nitrogens is 3. The van der Waals surface area contributed by atoms with Crippen LogP contribution in [0.1, 0.15) is 11.3 Å². The topological polar surface area (TPSA) is 134 Å². The van der Waals surface area contributed by atoms with Crippen LogP contribution in [0.2, 0.25) is 0 Å². The van der Waals surface area contributed by atoms with Crippen LogP contribution in [-0.4, -0.2) is 30.2 Å². The summed E-state index contributed by atoms with van der Waals surface area (Å²) in [4.78, 5) is 11.5. The van der Waals surface area contributed by atoms with Crippen LogP contribution in [0.25, 0.3) is 11.4 Å². The number of thioether (sulfide) groups is 1. The maximum absolute atomic E-state index is 11.5. The molecule has 0 spiro atoms. The third-order valence-corrected chi connectivity index (χ3v) is 5.26. The predicted octanol–water partition coefficient (Wildman–Crippen LogP) is 3.05. The van der Waals surface area contributed by atoms with E-state index in [1.807, 2.05) is 30.3 Å². The van der Waals surface area contributed by atoms with Gasteiger partial charge in [0.2, 0.25) is 5.16 Å². The van der Waals surface area contributed by atoms with Crippen molar-refractivity contribution in [3.8, 4) is 28.6 Å². The molecule has 0 radical (unpaired) electrons. The first-order valence-electron chi connectivity index (χ1n) is 9.21. The Morgan fingerprint density at radius 2 is 1.77 bits per heavy atom. The predicted molar refractivity (Wildman–Crippen MR) is 114 cm³/mol. The van der Waals surface area contributed by atoms with Crippen molar-refractivity contribution < 1.29 is 19.7 Å². The summed E-state index contributed by atoms with van der Waals surface area (Å²) in [6, 6.07) is 16.2. The van der Waals surface area contributed by atoms with Crippen LogP contribution in [0.4, 0.5) is 0 Å². The zero-order chi connectivity index (χ0) is 21.8. The zero-order valence-electron chi connectivity index (χ0n) is 16.1. The molecule has 0 aliphatic heterocycles. The summed E-state index contributed by atoms with van der Waals surface area (Å²) in [6.07, 6.45) is 0. The summed E-state index contributed by atoms with van der Waals surface area (Å²) in [5.74, 6) is 0.847. The van der Waals surface area contributed by atoms with Gasteiger partial charge in [0.05, 0.1) is 18.4 Å². The fourth-order valence-electron chi connectivity index (χ4n) is 2.87. The second-order valence-electron chi connectivity index (χ2n) is 6.55. The number of rotatable bonds is 7. The van der Waals surface area contributed by atoms with Crippen LogP contribution >= 0.6 is 11.8 Å². The van der Waals surface area contributed by atoms with Gasteiger partial charge in [-0.1, -0.05) is 42.1 Å². The van der Waals surface area contributed by atoms with Crippen LogP contribution in [0.15, 0.2) is 75.0 Å². The highest BCUT2D eigenvalue weighted by Crippen LogP contribution is 2.27. The lowest BCUT2D eigenvalue weighted by Gasteiger charge is -2.14. The minimum absolute atomic E-state index is 0.0284. The Bertz CT molecular complexity index is 1260. The Labute approximate surface area is 180 Å². The summed E-state index contributed by atoms with van der Waals surface area (Å²) in [5.41, 5.74) is 3.94. The van der Waals surface area contributed by atoms with Gasteiger partial charge in [-0.05, 0) is 12.1 Å². The molecule has 0 atom stereocenters. The van der Waals surface area contributed by atoms with Crippen molar-refractivity contribution in [1.29, 1.82) is 0 Å². The van der Waals surface area contributed by atoms with Gasteiger partial charge in [-0.25, -0.2) is 9.47 Å². The van der Waals surface area contributed by atoms with E-state index in [0.717, 1.165) is 11.6 Å². The average molecular weight is 438 g/mol. The molecule has 10 heteroatoms. The third kappa shape index (κ3) is 4.81. The molecule has 4 N–H and O–H groups in total. The Morgan fingerprint density at radius 3 is 2.52 bits per heavy atom. The number of nitrogens with zero attached hydrogens (tertiary/aromatic N) is 3. The molecule has 2 aromatic carbocycles. The second kappa shape index (κ2) is 8.84. The highest BCUT2D eigenvalue weighted by atomic mass is 32.2. The normalized spacial score (nSPS) is 10.8. The van der Waals surface area contributed by atoms with Crippen molar-refractivity contribution in [2.75, 3.05) is 5.43 Å². The standard InChI is InChI=1S/C21H18N4O5S/c26-15-7-6-14(18(28)9-15)11-22-25-20(13-4-2-1-3-5-13)23-24-21(25)31-12-17-8-16(27)10-19(29)30-17/h1-10,22,26-28H,11-12H2. The first-order chi connectivity index (χ1) is 15.0. The van der Waals surface area contributed by atoms with Gasteiger partial charge in [-0.2, -0.15) is 0 Å². The smallest absolute Gasteiger partial charge is 0.339 e. The first kappa shape index (κ1) is 20.4. The van der Waals surface area contributed by atoms with Crippen molar-refractivity contribution in [3.05, 3.63) is 82.4 Å². The lowest BCUT2D eigenvalue weighted by Crippen LogP contribution is -2.17. The molecular formula is C21H18N4O5S. The van der Waals surface area contributed by atoms with E-state index in [0.29, 0.717) is 22.3 Å². The van der Waals surface area contributed by atoms with Gasteiger partial charge in [0.15, 0.2) is 5.82 Å². The van der Waals surface area contributed by atoms with Gasteiger partial charge >= 0.3 is 5.63 Å². The molecule has 0 bridgehead atoms. The Kier molecular flexibility index (Phi) is 5.80. The second-order valence-corrected chi connectivity index (χ2v) is 7.49. The first-order valence-corrected chi connectivity index (χ1v) is 10.2. The van der Waals surface area contributed by atoms with Crippen LogP contribution < -0.4 is 11.1 Å². The maximum Gasteiger partial charge on any atom is 0.339 e. The lowest BCUT2D eigenvalue weighted by atomic mass is 10.2. The summed E-state index contributed by atoms with van der Waals surface area (Å²) >= 11 is 1.26. The molecule has 31 heavy (non-hydrogen) atoms. The van der Waals surface area contributed by atoms with E-state index in [1.54, 1.807) is 10.7 Å². The summed E-state index contributed by atoms with van der Waals surface area (Å²) in [5, 5.41) is 38.1. The zero-order valence-corrected chi connectivity index (χ0v) is 16.9. The maximum atomic E-state index is 11.5. The van der Waals surface area contributed by atoms with Crippen LogP contribution in [0, 0.1) is 0 Å². The third-order valence-electron chi connectivity index (χ3n) is 4.31. The van der Waals surface area contributed by atoms with Crippen LogP contribution in [-0.2, 0) is 12.3 Å². The van der Waals surface area contributed by atoms with Crippen molar-refractivity contribution in [2.24, 2.45) is 0 Å². The molecular weight excluding hydrogens is 420 g/mol. The monoisotopic (exact) mass is 438 g/mol. The molecule has 0 unspecified atom stereocenters. The number of phenolic OH excluding ortho intramolecular Hbond substituents is 2. The van der Waals surface area contributed by atoms with Crippen molar-refractivity contribution in [1.82, 2.24) is 14.9 Å². The Morgan fingerprint density at radius 1 is 0.968 bits per heavy atom. The highest BCUT2D eigenvalue weighted by Gasteiger charge is 2.16. The lowest BCUT2D eigenvalue weighted by molar-refractivity contribution is 0.432. The molecule has 9 nitrogen and oxygen atoms in total. The highest BCUT2D eigenvalue weighted by molar-refractivity contribution is 7.98. The molecule has 2 heterocycles. The van der Waals surface area contributed by atoms with E-state index in [4.69, 9.17) is 4.42 Å². The molecule has 4 rings (SSSR count). The number of hydrogen-bond donors (Lipinski definition) is 4. The fourth-order valence-corrected chi connectivity index (χ4v) is 3.66. The summed E-state index contributed by atoms with van der Waals surface area (Å²) < 4.78 is 6.77. The molecule has 2 aromatic heterocycles. The van der Waals surface area contributed by atoms with Crippen molar-refractivity contribution >= 4 is 11.8 Å². The SMILES string of the molecule is O=c1cc(O)cc(CSc2nnc(-c3ccccc3)n2NCc2ccc(O)cc2O)o1. The summed E-state index contributed by atoms with van der Waals surface area (Å²) in [6.45, 7) is 0.235. The van der Waals surface area contributed by atoms with Crippen molar-refractivity contribution in [3.63, 3.8) is 0 Å². The quantitative estimate of drug-likeness (QED) is 0.321. The Hall–Kier alpha value is -3.92. The van der Waals surface area contributed by atoms with E-state index in [-0.39, 0.29) is 29.5 Å². The molecule has 0 saturated carbocycles. The summed E-state index contributed by atoms with van der Waals surface area (Å²) in [7, 11) is 0. The number of nitrogens with one attached hydrogen (secondary N) is 1. The Balaban J connectivity index is 1.61.